The second-order valence-corrected chi connectivity index (χ2v) is 4.04. The van der Waals surface area contributed by atoms with E-state index in [0.29, 0.717) is 11.5 Å². The molecule has 2 aromatic rings. The molecule has 18 heavy (non-hydrogen) atoms. The van der Waals surface area contributed by atoms with Gasteiger partial charge in [0.15, 0.2) is 5.82 Å². The van der Waals surface area contributed by atoms with Gasteiger partial charge in [0.25, 0.3) is 0 Å². The topological polar surface area (TPSA) is 59.8 Å². The zero-order chi connectivity index (χ0) is 13.0. The fourth-order valence-corrected chi connectivity index (χ4v) is 1.50. The van der Waals surface area contributed by atoms with Crippen molar-refractivity contribution in [2.45, 2.75) is 13.8 Å². The Morgan fingerprint density at radius 3 is 2.83 bits per heavy atom. The van der Waals surface area contributed by atoms with E-state index in [1.54, 1.807) is 47.5 Å². The Bertz CT molecular complexity index is 568. The number of anilines is 1. The molecule has 0 aliphatic carbocycles. The molecular formula is C13H14N4O. The standard InChI is InChI=1S/C13H14N4O/c1-10(2)9-12(18)16-11-5-3-6-14-13(11)17-8-4-7-15-17/h3-9H,1-2H3,(H,16,18). The van der Waals surface area contributed by atoms with Gasteiger partial charge in [-0.05, 0) is 32.0 Å². The molecule has 92 valence electrons. The number of hydrogen-bond acceptors (Lipinski definition) is 3. The third kappa shape index (κ3) is 2.82. The molecule has 1 N–H and O–H groups in total. The van der Waals surface area contributed by atoms with Crippen LogP contribution in [0.4, 0.5) is 5.69 Å². The van der Waals surface area contributed by atoms with Gasteiger partial charge in [0.05, 0.1) is 5.69 Å². The van der Waals surface area contributed by atoms with Crippen LogP contribution in [0.2, 0.25) is 0 Å². The third-order valence-electron chi connectivity index (χ3n) is 2.19. The first kappa shape index (κ1) is 12.0. The average molecular weight is 242 g/mol. The fourth-order valence-electron chi connectivity index (χ4n) is 1.50. The molecule has 0 aliphatic rings. The van der Waals surface area contributed by atoms with E-state index in [1.807, 2.05) is 13.8 Å². The summed E-state index contributed by atoms with van der Waals surface area (Å²) in [6.45, 7) is 3.74. The molecule has 0 radical (unpaired) electrons. The van der Waals surface area contributed by atoms with Gasteiger partial charge >= 0.3 is 0 Å². The second-order valence-electron chi connectivity index (χ2n) is 4.04. The van der Waals surface area contributed by atoms with E-state index in [4.69, 9.17) is 0 Å². The number of rotatable bonds is 3. The summed E-state index contributed by atoms with van der Waals surface area (Å²) in [6.07, 6.45) is 6.64. The summed E-state index contributed by atoms with van der Waals surface area (Å²) >= 11 is 0. The quantitative estimate of drug-likeness (QED) is 0.839. The maximum absolute atomic E-state index is 11.7. The predicted molar refractivity (Wildman–Crippen MR) is 69.4 cm³/mol. The Morgan fingerprint density at radius 2 is 2.17 bits per heavy atom. The van der Waals surface area contributed by atoms with Gasteiger partial charge in [0, 0.05) is 24.7 Å². The highest BCUT2D eigenvalue weighted by Crippen LogP contribution is 2.16. The van der Waals surface area contributed by atoms with E-state index in [1.165, 1.54) is 0 Å². The van der Waals surface area contributed by atoms with Crippen molar-refractivity contribution in [2.75, 3.05) is 5.32 Å². The molecule has 2 rings (SSSR count). The molecule has 5 heteroatoms. The first-order valence-electron chi connectivity index (χ1n) is 5.58. The van der Waals surface area contributed by atoms with Crippen LogP contribution in [0.3, 0.4) is 0 Å². The predicted octanol–water partition coefficient (Wildman–Crippen LogP) is 2.17. The Hall–Kier alpha value is -2.43. The molecule has 0 unspecified atom stereocenters. The van der Waals surface area contributed by atoms with Crippen LogP contribution < -0.4 is 5.32 Å². The highest BCUT2D eigenvalue weighted by molar-refractivity contribution is 6.00. The average Bonchev–Trinajstić information content (AvgIpc) is 2.81. The summed E-state index contributed by atoms with van der Waals surface area (Å²) in [7, 11) is 0. The highest BCUT2D eigenvalue weighted by Gasteiger charge is 2.07. The van der Waals surface area contributed by atoms with E-state index < -0.39 is 0 Å². The lowest BCUT2D eigenvalue weighted by Gasteiger charge is -2.08. The first-order valence-corrected chi connectivity index (χ1v) is 5.58. The summed E-state index contributed by atoms with van der Waals surface area (Å²) in [5.74, 6) is 0.425. The molecule has 0 atom stereocenters. The van der Waals surface area contributed by atoms with Crippen molar-refractivity contribution in [3.05, 3.63) is 48.4 Å². The molecule has 0 saturated carbocycles. The van der Waals surface area contributed by atoms with E-state index in [-0.39, 0.29) is 5.91 Å². The Labute approximate surface area is 105 Å². The van der Waals surface area contributed by atoms with Crippen LogP contribution in [0.15, 0.2) is 48.4 Å². The molecular weight excluding hydrogens is 228 g/mol. The van der Waals surface area contributed by atoms with Gasteiger partial charge in [0.1, 0.15) is 0 Å². The molecule has 0 saturated heterocycles. The molecule has 1 amide bonds. The van der Waals surface area contributed by atoms with Crippen LogP contribution in [-0.4, -0.2) is 20.7 Å². The van der Waals surface area contributed by atoms with Crippen LogP contribution in [-0.2, 0) is 4.79 Å². The monoisotopic (exact) mass is 242 g/mol. The van der Waals surface area contributed by atoms with E-state index >= 15 is 0 Å². The van der Waals surface area contributed by atoms with Crippen LogP contribution in [0.25, 0.3) is 5.82 Å². The second kappa shape index (κ2) is 5.27. The number of nitrogens with zero attached hydrogens (tertiary/aromatic N) is 3. The minimum absolute atomic E-state index is 0.170. The van der Waals surface area contributed by atoms with Crippen LogP contribution in [0.5, 0.6) is 0 Å². The van der Waals surface area contributed by atoms with Crippen molar-refractivity contribution < 1.29 is 4.79 Å². The lowest BCUT2D eigenvalue weighted by molar-refractivity contribution is -0.111. The number of pyridine rings is 1. The van der Waals surface area contributed by atoms with E-state index in [0.717, 1.165) is 5.57 Å². The van der Waals surface area contributed by atoms with Crippen molar-refractivity contribution in [1.29, 1.82) is 0 Å². The van der Waals surface area contributed by atoms with E-state index in [2.05, 4.69) is 15.4 Å². The lowest BCUT2D eigenvalue weighted by atomic mass is 10.3. The molecule has 5 nitrogen and oxygen atoms in total. The summed E-state index contributed by atoms with van der Waals surface area (Å²) in [6, 6.07) is 5.36. The number of aromatic nitrogens is 3. The van der Waals surface area contributed by atoms with Crippen LogP contribution in [0, 0.1) is 0 Å². The number of carbonyl (C=O) groups excluding carboxylic acids is 1. The number of amides is 1. The van der Waals surface area contributed by atoms with E-state index in [9.17, 15) is 4.79 Å². The molecule has 0 aliphatic heterocycles. The summed E-state index contributed by atoms with van der Waals surface area (Å²) in [5, 5.41) is 6.89. The van der Waals surface area contributed by atoms with Gasteiger partial charge in [-0.2, -0.15) is 5.10 Å². The minimum atomic E-state index is -0.170. The van der Waals surface area contributed by atoms with Crippen LogP contribution in [0.1, 0.15) is 13.8 Å². The van der Waals surface area contributed by atoms with Crippen molar-refractivity contribution in [2.24, 2.45) is 0 Å². The SMILES string of the molecule is CC(C)=CC(=O)Nc1cccnc1-n1cccn1. The normalized spacial score (nSPS) is 9.89. The van der Waals surface area contributed by atoms with Crippen molar-refractivity contribution in [3.8, 4) is 5.82 Å². The Balaban J connectivity index is 2.29. The van der Waals surface area contributed by atoms with Gasteiger partial charge in [-0.1, -0.05) is 5.57 Å². The molecule has 0 bridgehead atoms. The van der Waals surface area contributed by atoms with Gasteiger partial charge < -0.3 is 5.32 Å². The number of carbonyl (C=O) groups is 1. The summed E-state index contributed by atoms with van der Waals surface area (Å²) in [5.41, 5.74) is 1.57. The lowest BCUT2D eigenvalue weighted by Crippen LogP contribution is -2.12. The molecule has 0 spiro atoms. The molecule has 2 aromatic heterocycles. The number of allylic oxidation sites excluding steroid dienone is 1. The maximum Gasteiger partial charge on any atom is 0.248 e. The Kier molecular flexibility index (Phi) is 3.52. The zero-order valence-electron chi connectivity index (χ0n) is 10.3. The number of nitrogens with one attached hydrogen (secondary N) is 1. The summed E-state index contributed by atoms with van der Waals surface area (Å²) < 4.78 is 1.61. The van der Waals surface area contributed by atoms with Gasteiger partial charge in [-0.25, -0.2) is 9.67 Å². The number of hydrogen-bond donors (Lipinski definition) is 1. The molecule has 2 heterocycles. The Morgan fingerprint density at radius 1 is 1.33 bits per heavy atom. The van der Waals surface area contributed by atoms with Crippen LogP contribution >= 0.6 is 0 Å². The van der Waals surface area contributed by atoms with Crippen molar-refractivity contribution in [1.82, 2.24) is 14.8 Å². The largest absolute Gasteiger partial charge is 0.319 e. The smallest absolute Gasteiger partial charge is 0.248 e. The summed E-state index contributed by atoms with van der Waals surface area (Å²) in [4.78, 5) is 15.9. The molecule has 0 aromatic carbocycles. The highest BCUT2D eigenvalue weighted by atomic mass is 16.1. The zero-order valence-corrected chi connectivity index (χ0v) is 10.3. The van der Waals surface area contributed by atoms with Gasteiger partial charge in [-0.15, -0.1) is 0 Å². The first-order chi connectivity index (χ1) is 8.66. The molecule has 0 fully saturated rings. The maximum atomic E-state index is 11.7. The van der Waals surface area contributed by atoms with Gasteiger partial charge in [-0.3, -0.25) is 4.79 Å². The minimum Gasteiger partial charge on any atom is -0.319 e. The van der Waals surface area contributed by atoms with Crippen molar-refractivity contribution >= 4 is 11.6 Å². The fraction of sp³-hybridized carbons (Fsp3) is 0.154. The van der Waals surface area contributed by atoms with Gasteiger partial charge in [0.2, 0.25) is 5.91 Å². The van der Waals surface area contributed by atoms with Crippen molar-refractivity contribution in [3.63, 3.8) is 0 Å². The third-order valence-corrected chi connectivity index (χ3v) is 2.19.